The summed E-state index contributed by atoms with van der Waals surface area (Å²) in [7, 11) is 0. The molecule has 0 unspecified atom stereocenters. The van der Waals surface area contributed by atoms with Gasteiger partial charge in [0.1, 0.15) is 5.82 Å². The van der Waals surface area contributed by atoms with Crippen LogP contribution in [0.4, 0.5) is 5.69 Å². The maximum Gasteiger partial charge on any atom is 0.129 e. The van der Waals surface area contributed by atoms with E-state index in [-0.39, 0.29) is 0 Å². The third-order valence-electron chi connectivity index (χ3n) is 3.10. The van der Waals surface area contributed by atoms with Gasteiger partial charge in [-0.2, -0.15) is 0 Å². The topological polar surface area (TPSA) is 51.8 Å². The normalized spacial score (nSPS) is 10.9. The fourth-order valence-corrected chi connectivity index (χ4v) is 2.07. The van der Waals surface area contributed by atoms with Crippen LogP contribution < -0.4 is 5.73 Å². The lowest BCUT2D eigenvalue weighted by molar-refractivity contribution is 0.763. The quantitative estimate of drug-likeness (QED) is 0.853. The first-order chi connectivity index (χ1) is 9.04. The molecule has 0 radical (unpaired) electrons. The van der Waals surface area contributed by atoms with Gasteiger partial charge in [-0.15, -0.1) is 0 Å². The fourth-order valence-electron chi connectivity index (χ4n) is 2.07. The van der Waals surface area contributed by atoms with Gasteiger partial charge in [-0.1, -0.05) is 26.0 Å². The number of anilines is 1. The minimum absolute atomic E-state index is 0.438. The molecule has 0 atom stereocenters. The predicted molar refractivity (Wildman–Crippen MR) is 79.1 cm³/mol. The summed E-state index contributed by atoms with van der Waals surface area (Å²) in [6.07, 6.45) is 1.77. The number of benzene rings is 1. The van der Waals surface area contributed by atoms with E-state index in [4.69, 9.17) is 5.73 Å². The lowest BCUT2D eigenvalue weighted by Gasteiger charge is -2.08. The van der Waals surface area contributed by atoms with Crippen LogP contribution in [0.3, 0.4) is 0 Å². The first-order valence-electron chi connectivity index (χ1n) is 6.73. The Morgan fingerprint density at radius 1 is 1.11 bits per heavy atom. The van der Waals surface area contributed by atoms with Crippen LogP contribution in [-0.2, 0) is 12.8 Å². The van der Waals surface area contributed by atoms with E-state index in [0.29, 0.717) is 5.92 Å². The van der Waals surface area contributed by atoms with Gasteiger partial charge in [0.2, 0.25) is 0 Å². The molecule has 3 heteroatoms. The third-order valence-corrected chi connectivity index (χ3v) is 3.10. The van der Waals surface area contributed by atoms with Crippen LogP contribution >= 0.6 is 0 Å². The molecule has 1 aromatic heterocycles. The molecule has 0 fully saturated rings. The minimum Gasteiger partial charge on any atom is -0.399 e. The molecule has 100 valence electrons. The van der Waals surface area contributed by atoms with Gasteiger partial charge in [-0.3, -0.25) is 0 Å². The number of hydrogen-bond acceptors (Lipinski definition) is 3. The van der Waals surface area contributed by atoms with E-state index >= 15 is 0 Å². The molecular formula is C16H21N3. The molecule has 3 nitrogen and oxygen atoms in total. The Balaban J connectivity index is 2.11. The number of rotatable bonds is 4. The summed E-state index contributed by atoms with van der Waals surface area (Å²) < 4.78 is 0. The van der Waals surface area contributed by atoms with Crippen molar-refractivity contribution in [3.05, 3.63) is 53.1 Å². The number of aromatic nitrogens is 2. The molecule has 1 heterocycles. The van der Waals surface area contributed by atoms with Gasteiger partial charge in [0.05, 0.1) is 0 Å². The molecular weight excluding hydrogens is 234 g/mol. The van der Waals surface area contributed by atoms with E-state index in [1.54, 1.807) is 0 Å². The van der Waals surface area contributed by atoms with Crippen molar-refractivity contribution in [3.8, 4) is 0 Å². The van der Waals surface area contributed by atoms with Crippen LogP contribution in [0.5, 0.6) is 0 Å². The van der Waals surface area contributed by atoms with Crippen molar-refractivity contribution in [3.63, 3.8) is 0 Å². The molecule has 0 aliphatic carbocycles. The van der Waals surface area contributed by atoms with Crippen molar-refractivity contribution in [2.75, 3.05) is 5.73 Å². The molecule has 0 aliphatic heterocycles. The standard InChI is InChI=1S/C16H21N3/c1-11(2)15-9-12(3)18-16(19-15)8-7-13-5-4-6-14(17)10-13/h4-6,9-11H,7-8,17H2,1-3H3. The smallest absolute Gasteiger partial charge is 0.129 e. The maximum atomic E-state index is 5.78. The molecule has 0 amide bonds. The fraction of sp³-hybridized carbons (Fsp3) is 0.375. The lowest BCUT2D eigenvalue weighted by Crippen LogP contribution is -2.04. The second-order valence-corrected chi connectivity index (χ2v) is 5.25. The Hall–Kier alpha value is -1.90. The Kier molecular flexibility index (Phi) is 4.15. The van der Waals surface area contributed by atoms with Crippen LogP contribution in [0.1, 0.15) is 42.5 Å². The van der Waals surface area contributed by atoms with Crippen LogP contribution in [0, 0.1) is 6.92 Å². The highest BCUT2D eigenvalue weighted by atomic mass is 14.9. The van der Waals surface area contributed by atoms with Gasteiger partial charge in [0.15, 0.2) is 0 Å². The summed E-state index contributed by atoms with van der Waals surface area (Å²) in [4.78, 5) is 9.14. The van der Waals surface area contributed by atoms with E-state index in [1.165, 1.54) is 5.56 Å². The molecule has 0 saturated heterocycles. The molecule has 0 spiro atoms. The van der Waals surface area contributed by atoms with Gasteiger partial charge in [0, 0.05) is 23.5 Å². The van der Waals surface area contributed by atoms with E-state index < -0.39 is 0 Å². The van der Waals surface area contributed by atoms with E-state index in [2.05, 4.69) is 35.9 Å². The van der Waals surface area contributed by atoms with Crippen LogP contribution in [0.25, 0.3) is 0 Å². The highest BCUT2D eigenvalue weighted by Crippen LogP contribution is 2.14. The second-order valence-electron chi connectivity index (χ2n) is 5.25. The van der Waals surface area contributed by atoms with Gasteiger partial charge < -0.3 is 5.73 Å². The summed E-state index contributed by atoms with van der Waals surface area (Å²) in [5.74, 6) is 1.36. The summed E-state index contributed by atoms with van der Waals surface area (Å²) in [5.41, 5.74) is 9.99. The monoisotopic (exact) mass is 255 g/mol. The number of nitrogen functional groups attached to an aromatic ring is 1. The summed E-state index contributed by atoms with van der Waals surface area (Å²) in [6.45, 7) is 6.34. The van der Waals surface area contributed by atoms with Crippen LogP contribution in [0.2, 0.25) is 0 Å². The zero-order chi connectivity index (χ0) is 13.8. The summed E-state index contributed by atoms with van der Waals surface area (Å²) in [6, 6.07) is 10.1. The van der Waals surface area contributed by atoms with Gasteiger partial charge in [-0.05, 0) is 43.0 Å². The van der Waals surface area contributed by atoms with Gasteiger partial charge >= 0.3 is 0 Å². The summed E-state index contributed by atoms with van der Waals surface area (Å²) in [5, 5.41) is 0. The summed E-state index contributed by atoms with van der Waals surface area (Å²) >= 11 is 0. The zero-order valence-corrected chi connectivity index (χ0v) is 11.9. The van der Waals surface area contributed by atoms with Crippen molar-refractivity contribution in [1.82, 2.24) is 9.97 Å². The molecule has 0 aliphatic rings. The first kappa shape index (κ1) is 13.5. The predicted octanol–water partition coefficient (Wildman–Crippen LogP) is 3.28. The van der Waals surface area contributed by atoms with Crippen molar-refractivity contribution in [2.24, 2.45) is 0 Å². The molecule has 2 N–H and O–H groups in total. The highest BCUT2D eigenvalue weighted by molar-refractivity contribution is 5.40. The minimum atomic E-state index is 0.438. The maximum absolute atomic E-state index is 5.78. The van der Waals surface area contributed by atoms with Crippen molar-refractivity contribution < 1.29 is 0 Å². The number of nitrogens with two attached hydrogens (primary N) is 1. The average Bonchev–Trinajstić information content (AvgIpc) is 2.36. The number of aryl methyl sites for hydroxylation is 3. The Labute approximate surface area is 114 Å². The largest absolute Gasteiger partial charge is 0.399 e. The molecule has 0 saturated carbocycles. The highest BCUT2D eigenvalue weighted by Gasteiger charge is 2.06. The zero-order valence-electron chi connectivity index (χ0n) is 11.9. The Morgan fingerprint density at radius 3 is 2.58 bits per heavy atom. The van der Waals surface area contributed by atoms with Crippen LogP contribution in [-0.4, -0.2) is 9.97 Å². The van der Waals surface area contributed by atoms with Gasteiger partial charge in [0.25, 0.3) is 0 Å². The molecule has 1 aromatic carbocycles. The van der Waals surface area contributed by atoms with Crippen molar-refractivity contribution in [2.45, 2.75) is 39.5 Å². The number of hydrogen-bond donors (Lipinski definition) is 1. The Morgan fingerprint density at radius 2 is 1.89 bits per heavy atom. The second kappa shape index (κ2) is 5.83. The first-order valence-corrected chi connectivity index (χ1v) is 6.73. The van der Waals surface area contributed by atoms with Crippen molar-refractivity contribution in [1.29, 1.82) is 0 Å². The van der Waals surface area contributed by atoms with E-state index in [0.717, 1.165) is 35.7 Å². The molecule has 0 bridgehead atoms. The van der Waals surface area contributed by atoms with E-state index in [1.807, 2.05) is 25.1 Å². The molecule has 19 heavy (non-hydrogen) atoms. The SMILES string of the molecule is Cc1cc(C(C)C)nc(CCc2cccc(N)c2)n1. The number of nitrogens with zero attached hydrogens (tertiary/aromatic N) is 2. The average molecular weight is 255 g/mol. The van der Waals surface area contributed by atoms with E-state index in [9.17, 15) is 0 Å². The van der Waals surface area contributed by atoms with Gasteiger partial charge in [-0.25, -0.2) is 9.97 Å². The third kappa shape index (κ3) is 3.78. The Bertz CT molecular complexity index is 562. The lowest BCUT2D eigenvalue weighted by atomic mass is 10.1. The van der Waals surface area contributed by atoms with Crippen molar-refractivity contribution >= 4 is 5.69 Å². The van der Waals surface area contributed by atoms with Crippen LogP contribution in [0.15, 0.2) is 30.3 Å². The molecule has 2 aromatic rings. The molecule has 2 rings (SSSR count).